The molecule has 1 atom stereocenters. The third kappa shape index (κ3) is 2.40. The molecule has 0 radical (unpaired) electrons. The van der Waals surface area contributed by atoms with Crippen LogP contribution in [-0.2, 0) is 0 Å². The standard InChI is InChI=1S/C13H15ClO/c1-9(8-14)13(15)12-6-4-11(5-7-12)10-2-3-10/h4-7,9-10H,2-3,8H2,1H3. The largest absolute Gasteiger partial charge is 0.294 e. The molecule has 0 amide bonds. The Kier molecular flexibility index (Phi) is 3.11. The second-order valence-electron chi connectivity index (χ2n) is 4.32. The van der Waals surface area contributed by atoms with Crippen LogP contribution in [-0.4, -0.2) is 11.7 Å². The molecule has 2 rings (SSSR count). The van der Waals surface area contributed by atoms with Crippen molar-refractivity contribution < 1.29 is 4.79 Å². The quantitative estimate of drug-likeness (QED) is 0.562. The van der Waals surface area contributed by atoms with E-state index in [0.29, 0.717) is 5.88 Å². The van der Waals surface area contributed by atoms with Crippen LogP contribution in [0.2, 0.25) is 0 Å². The maximum absolute atomic E-state index is 11.8. The maximum atomic E-state index is 11.8. The van der Waals surface area contributed by atoms with E-state index < -0.39 is 0 Å². The van der Waals surface area contributed by atoms with E-state index in [1.54, 1.807) is 0 Å². The fourth-order valence-corrected chi connectivity index (χ4v) is 1.83. The SMILES string of the molecule is CC(CCl)C(=O)c1ccc(C2CC2)cc1. The minimum atomic E-state index is -0.0848. The van der Waals surface area contributed by atoms with Gasteiger partial charge in [-0.25, -0.2) is 0 Å². The monoisotopic (exact) mass is 222 g/mol. The topological polar surface area (TPSA) is 17.1 Å². The van der Waals surface area contributed by atoms with E-state index in [9.17, 15) is 4.79 Å². The van der Waals surface area contributed by atoms with Crippen LogP contribution in [0.1, 0.15) is 41.6 Å². The van der Waals surface area contributed by atoms with Crippen LogP contribution >= 0.6 is 11.6 Å². The van der Waals surface area contributed by atoms with E-state index in [1.807, 2.05) is 19.1 Å². The van der Waals surface area contributed by atoms with Gasteiger partial charge in [0.2, 0.25) is 0 Å². The van der Waals surface area contributed by atoms with Crippen molar-refractivity contribution in [2.75, 3.05) is 5.88 Å². The number of benzene rings is 1. The fourth-order valence-electron chi connectivity index (χ4n) is 1.69. The van der Waals surface area contributed by atoms with E-state index in [-0.39, 0.29) is 11.7 Å². The Balaban J connectivity index is 2.12. The van der Waals surface area contributed by atoms with Crippen molar-refractivity contribution >= 4 is 17.4 Å². The third-order valence-corrected chi connectivity index (χ3v) is 3.39. The minimum absolute atomic E-state index is 0.0848. The zero-order valence-electron chi connectivity index (χ0n) is 8.87. The number of rotatable bonds is 4. The molecule has 0 aliphatic heterocycles. The molecule has 1 aromatic rings. The molecule has 1 saturated carbocycles. The van der Waals surface area contributed by atoms with E-state index >= 15 is 0 Å². The summed E-state index contributed by atoms with van der Waals surface area (Å²) in [5, 5.41) is 0. The van der Waals surface area contributed by atoms with Crippen molar-refractivity contribution in [1.29, 1.82) is 0 Å². The Labute approximate surface area is 95.4 Å². The number of carbonyl (C=O) groups is 1. The molecule has 80 valence electrons. The highest BCUT2D eigenvalue weighted by molar-refractivity contribution is 6.20. The zero-order chi connectivity index (χ0) is 10.8. The van der Waals surface area contributed by atoms with Gasteiger partial charge in [0.1, 0.15) is 0 Å². The van der Waals surface area contributed by atoms with Crippen LogP contribution in [0, 0.1) is 5.92 Å². The third-order valence-electron chi connectivity index (χ3n) is 2.92. The molecule has 15 heavy (non-hydrogen) atoms. The molecule has 0 spiro atoms. The first-order chi connectivity index (χ1) is 7.22. The first-order valence-corrected chi connectivity index (χ1v) is 5.96. The predicted octanol–water partition coefficient (Wildman–Crippen LogP) is 3.62. The van der Waals surface area contributed by atoms with Crippen molar-refractivity contribution in [3.05, 3.63) is 35.4 Å². The molecule has 0 saturated heterocycles. The molecule has 1 aromatic carbocycles. The van der Waals surface area contributed by atoms with E-state index in [2.05, 4.69) is 12.1 Å². The first-order valence-electron chi connectivity index (χ1n) is 5.42. The van der Waals surface area contributed by atoms with Gasteiger partial charge < -0.3 is 0 Å². The van der Waals surface area contributed by atoms with Gasteiger partial charge in [-0.15, -0.1) is 11.6 Å². The van der Waals surface area contributed by atoms with Crippen LogP contribution in [0.3, 0.4) is 0 Å². The number of carbonyl (C=O) groups excluding carboxylic acids is 1. The van der Waals surface area contributed by atoms with E-state index in [4.69, 9.17) is 11.6 Å². The van der Waals surface area contributed by atoms with Crippen LogP contribution in [0.5, 0.6) is 0 Å². The smallest absolute Gasteiger partial charge is 0.166 e. The maximum Gasteiger partial charge on any atom is 0.166 e. The van der Waals surface area contributed by atoms with Crippen molar-refractivity contribution in [1.82, 2.24) is 0 Å². The molecular formula is C13H15ClO. The van der Waals surface area contributed by atoms with Gasteiger partial charge in [-0.1, -0.05) is 31.2 Å². The summed E-state index contributed by atoms with van der Waals surface area (Å²) < 4.78 is 0. The van der Waals surface area contributed by atoms with Crippen LogP contribution < -0.4 is 0 Å². The normalized spacial score (nSPS) is 17.5. The molecule has 0 aromatic heterocycles. The molecule has 1 aliphatic rings. The minimum Gasteiger partial charge on any atom is -0.294 e. The molecule has 1 aliphatic carbocycles. The van der Waals surface area contributed by atoms with Gasteiger partial charge in [0, 0.05) is 17.4 Å². The number of hydrogen-bond acceptors (Lipinski definition) is 1. The van der Waals surface area contributed by atoms with E-state index in [0.717, 1.165) is 11.5 Å². The summed E-state index contributed by atoms with van der Waals surface area (Å²) in [6.07, 6.45) is 2.59. The molecule has 1 fully saturated rings. The van der Waals surface area contributed by atoms with Crippen molar-refractivity contribution in [2.45, 2.75) is 25.7 Å². The summed E-state index contributed by atoms with van der Waals surface area (Å²) in [6.45, 7) is 1.87. The molecular weight excluding hydrogens is 208 g/mol. The van der Waals surface area contributed by atoms with Crippen LogP contribution in [0.15, 0.2) is 24.3 Å². The number of alkyl halides is 1. The lowest BCUT2D eigenvalue weighted by atomic mass is 9.99. The number of halogens is 1. The molecule has 1 unspecified atom stereocenters. The molecule has 0 heterocycles. The average Bonchev–Trinajstić information content (AvgIpc) is 3.11. The Morgan fingerprint density at radius 1 is 1.40 bits per heavy atom. The first kappa shape index (κ1) is 10.7. The number of ketones is 1. The fraction of sp³-hybridized carbons (Fsp3) is 0.462. The van der Waals surface area contributed by atoms with Gasteiger partial charge >= 0.3 is 0 Å². The van der Waals surface area contributed by atoms with Crippen LogP contribution in [0.4, 0.5) is 0 Å². The van der Waals surface area contributed by atoms with Crippen molar-refractivity contribution in [3.8, 4) is 0 Å². The zero-order valence-corrected chi connectivity index (χ0v) is 9.63. The van der Waals surface area contributed by atoms with E-state index in [1.165, 1.54) is 18.4 Å². The van der Waals surface area contributed by atoms with Gasteiger partial charge in [-0.2, -0.15) is 0 Å². The lowest BCUT2D eigenvalue weighted by molar-refractivity contribution is 0.0941. The van der Waals surface area contributed by atoms with Crippen molar-refractivity contribution in [2.24, 2.45) is 5.92 Å². The Morgan fingerprint density at radius 3 is 2.47 bits per heavy atom. The lowest BCUT2D eigenvalue weighted by Gasteiger charge is -2.06. The van der Waals surface area contributed by atoms with Gasteiger partial charge in [0.05, 0.1) is 0 Å². The Bertz CT molecular complexity index is 351. The second-order valence-corrected chi connectivity index (χ2v) is 4.62. The average molecular weight is 223 g/mol. The van der Waals surface area contributed by atoms with Gasteiger partial charge in [-0.3, -0.25) is 4.79 Å². The number of hydrogen-bond donors (Lipinski definition) is 0. The second kappa shape index (κ2) is 4.36. The molecule has 1 nitrogen and oxygen atoms in total. The molecule has 0 bridgehead atoms. The van der Waals surface area contributed by atoms with Crippen LogP contribution in [0.25, 0.3) is 0 Å². The predicted molar refractivity (Wildman–Crippen MR) is 62.6 cm³/mol. The molecule has 2 heteroatoms. The van der Waals surface area contributed by atoms with Gasteiger partial charge in [0.15, 0.2) is 5.78 Å². The van der Waals surface area contributed by atoms with Crippen molar-refractivity contribution in [3.63, 3.8) is 0 Å². The summed E-state index contributed by atoms with van der Waals surface area (Å²) in [5.74, 6) is 1.20. The van der Waals surface area contributed by atoms with Gasteiger partial charge in [0.25, 0.3) is 0 Å². The highest BCUT2D eigenvalue weighted by atomic mass is 35.5. The highest BCUT2D eigenvalue weighted by Crippen LogP contribution is 2.39. The lowest BCUT2D eigenvalue weighted by Crippen LogP contribution is -2.12. The van der Waals surface area contributed by atoms with Gasteiger partial charge in [-0.05, 0) is 24.3 Å². The summed E-state index contributed by atoms with van der Waals surface area (Å²) >= 11 is 5.67. The highest BCUT2D eigenvalue weighted by Gasteiger charge is 2.23. The summed E-state index contributed by atoms with van der Waals surface area (Å²) in [5.41, 5.74) is 2.15. The summed E-state index contributed by atoms with van der Waals surface area (Å²) in [7, 11) is 0. The summed E-state index contributed by atoms with van der Waals surface area (Å²) in [4.78, 5) is 11.8. The Hall–Kier alpha value is -0.820. The summed E-state index contributed by atoms with van der Waals surface area (Å²) in [6, 6.07) is 8.01. The Morgan fingerprint density at radius 2 is 2.00 bits per heavy atom. The molecule has 0 N–H and O–H groups in total. The number of Topliss-reactive ketones (excluding diaryl/α,β-unsaturated/α-hetero) is 1.